The second kappa shape index (κ2) is 14.1. The molecule has 1 atom stereocenters. The van der Waals surface area contributed by atoms with Crippen molar-refractivity contribution in [3.8, 4) is 11.1 Å². The molecule has 53 heavy (non-hydrogen) atoms. The Hall–Kier alpha value is -4.96. The van der Waals surface area contributed by atoms with Crippen molar-refractivity contribution in [2.75, 3.05) is 23.3 Å². The number of carboxylic acids is 1. The maximum atomic E-state index is 15.0. The molecule has 2 aliphatic heterocycles. The Labute approximate surface area is 309 Å². The number of rotatable bonds is 9. The molecular weight excluding hydrogens is 676 g/mol. The SMILES string of the molecule is Cc1nc(C)c(C(OC(C)(C)C)C(=O)O)c(N2CCC(C)(C)CC2)c1-c1ccc2c(c1)C(=O)C(Cc1ccc(F)cc1)(Cc1ccc(F)cc1)C(=O)N2. The molecule has 0 aliphatic carbocycles. The normalized spacial score (nSPS) is 17.3. The zero-order valence-electron chi connectivity index (χ0n) is 31.4. The van der Waals surface area contributed by atoms with Gasteiger partial charge in [0.05, 0.1) is 17.0 Å². The number of carbonyl (C=O) groups is 3. The van der Waals surface area contributed by atoms with Crippen LogP contribution in [0.25, 0.3) is 11.1 Å². The first-order chi connectivity index (χ1) is 24.9. The maximum absolute atomic E-state index is 15.0. The molecule has 4 aromatic rings. The number of carboxylic acid groups (broad SMARTS) is 1. The van der Waals surface area contributed by atoms with Gasteiger partial charge in [-0.3, -0.25) is 14.6 Å². The van der Waals surface area contributed by atoms with Crippen LogP contribution in [0, 0.1) is 36.3 Å². The fraction of sp³-hybridized carbons (Fsp3) is 0.395. The molecule has 10 heteroatoms. The van der Waals surface area contributed by atoms with Crippen LogP contribution in [0.5, 0.6) is 0 Å². The lowest BCUT2D eigenvalue weighted by atomic mass is 9.68. The van der Waals surface area contributed by atoms with Crippen molar-refractivity contribution in [3.05, 3.63) is 112 Å². The molecule has 6 rings (SSSR count). The quantitative estimate of drug-likeness (QED) is 0.166. The molecule has 1 saturated heterocycles. The minimum absolute atomic E-state index is 0.0203. The monoisotopic (exact) mass is 723 g/mol. The van der Waals surface area contributed by atoms with Crippen molar-refractivity contribution in [2.45, 2.75) is 85.9 Å². The average molecular weight is 724 g/mol. The highest BCUT2D eigenvalue weighted by molar-refractivity contribution is 6.24. The van der Waals surface area contributed by atoms with E-state index in [0.717, 1.165) is 12.8 Å². The third-order valence-corrected chi connectivity index (χ3v) is 10.5. The molecule has 3 aromatic carbocycles. The number of piperidine rings is 1. The molecule has 0 radical (unpaired) electrons. The molecule has 0 spiro atoms. The summed E-state index contributed by atoms with van der Waals surface area (Å²) >= 11 is 0. The van der Waals surface area contributed by atoms with Crippen LogP contribution < -0.4 is 10.2 Å². The van der Waals surface area contributed by atoms with Gasteiger partial charge in [0.15, 0.2) is 11.9 Å². The number of benzene rings is 3. The topological polar surface area (TPSA) is 109 Å². The van der Waals surface area contributed by atoms with Crippen LogP contribution in [0.4, 0.5) is 20.2 Å². The van der Waals surface area contributed by atoms with E-state index in [2.05, 4.69) is 24.1 Å². The van der Waals surface area contributed by atoms with Gasteiger partial charge in [-0.1, -0.05) is 44.2 Å². The van der Waals surface area contributed by atoms with Crippen molar-refractivity contribution in [2.24, 2.45) is 10.8 Å². The second-order valence-corrected chi connectivity index (χ2v) is 16.3. The van der Waals surface area contributed by atoms with Gasteiger partial charge >= 0.3 is 5.97 Å². The van der Waals surface area contributed by atoms with Gasteiger partial charge in [0, 0.05) is 41.2 Å². The summed E-state index contributed by atoms with van der Waals surface area (Å²) in [6, 6.07) is 16.7. The molecule has 2 aliphatic rings. The van der Waals surface area contributed by atoms with Crippen LogP contribution in [-0.2, 0) is 27.2 Å². The summed E-state index contributed by atoms with van der Waals surface area (Å²) in [6.07, 6.45) is 0.410. The van der Waals surface area contributed by atoms with Crippen LogP contribution >= 0.6 is 0 Å². The van der Waals surface area contributed by atoms with E-state index in [4.69, 9.17) is 9.72 Å². The Balaban J connectivity index is 1.54. The number of nitrogens with one attached hydrogen (secondary N) is 1. The summed E-state index contributed by atoms with van der Waals surface area (Å²) in [7, 11) is 0. The Morgan fingerprint density at radius 2 is 1.45 bits per heavy atom. The van der Waals surface area contributed by atoms with Crippen LogP contribution in [0.3, 0.4) is 0 Å². The zero-order chi connectivity index (χ0) is 38.5. The summed E-state index contributed by atoms with van der Waals surface area (Å²) in [5.41, 5.74) is 3.18. The first kappa shape index (κ1) is 37.8. The lowest BCUT2D eigenvalue weighted by Gasteiger charge is -2.41. The van der Waals surface area contributed by atoms with Crippen molar-refractivity contribution in [1.82, 2.24) is 4.98 Å². The number of ether oxygens (including phenoxy) is 1. The molecule has 278 valence electrons. The third kappa shape index (κ3) is 7.74. The van der Waals surface area contributed by atoms with Gasteiger partial charge in [-0.15, -0.1) is 0 Å². The van der Waals surface area contributed by atoms with Crippen molar-refractivity contribution in [1.29, 1.82) is 0 Å². The average Bonchev–Trinajstić information content (AvgIpc) is 3.08. The Kier molecular flexibility index (Phi) is 10.1. The van der Waals surface area contributed by atoms with Gasteiger partial charge in [0.25, 0.3) is 0 Å². The molecule has 1 unspecified atom stereocenters. The number of pyridine rings is 1. The molecule has 1 fully saturated rings. The summed E-state index contributed by atoms with van der Waals surface area (Å²) in [4.78, 5) is 49.2. The maximum Gasteiger partial charge on any atom is 0.337 e. The molecule has 2 N–H and O–H groups in total. The highest BCUT2D eigenvalue weighted by Gasteiger charge is 2.50. The fourth-order valence-corrected chi connectivity index (χ4v) is 7.64. The fourth-order valence-electron chi connectivity index (χ4n) is 7.64. The number of amides is 1. The van der Waals surface area contributed by atoms with Crippen molar-refractivity contribution in [3.63, 3.8) is 0 Å². The first-order valence-corrected chi connectivity index (χ1v) is 18.0. The third-order valence-electron chi connectivity index (χ3n) is 10.5. The molecule has 3 heterocycles. The summed E-state index contributed by atoms with van der Waals surface area (Å²) in [5.74, 6) is -2.95. The van der Waals surface area contributed by atoms with Gasteiger partial charge in [0.1, 0.15) is 17.0 Å². The smallest absolute Gasteiger partial charge is 0.337 e. The van der Waals surface area contributed by atoms with Crippen LogP contribution in [0.2, 0.25) is 0 Å². The highest BCUT2D eigenvalue weighted by Crippen LogP contribution is 2.47. The van der Waals surface area contributed by atoms with E-state index < -0.39 is 46.4 Å². The highest BCUT2D eigenvalue weighted by atomic mass is 19.1. The number of halogens is 2. The number of anilines is 2. The molecular formula is C43H47F2N3O5. The van der Waals surface area contributed by atoms with E-state index in [-0.39, 0.29) is 23.8 Å². The van der Waals surface area contributed by atoms with E-state index in [1.54, 1.807) is 43.3 Å². The van der Waals surface area contributed by atoms with Crippen LogP contribution in [0.1, 0.15) is 92.0 Å². The van der Waals surface area contributed by atoms with E-state index in [1.807, 2.05) is 33.8 Å². The van der Waals surface area contributed by atoms with Gasteiger partial charge < -0.3 is 20.1 Å². The Bertz CT molecular complexity index is 2010. The predicted octanol–water partition coefficient (Wildman–Crippen LogP) is 8.82. The number of hydrogen-bond acceptors (Lipinski definition) is 6. The largest absolute Gasteiger partial charge is 0.479 e. The Morgan fingerprint density at radius 3 is 1.96 bits per heavy atom. The molecule has 1 aromatic heterocycles. The first-order valence-electron chi connectivity index (χ1n) is 18.0. The van der Waals surface area contributed by atoms with E-state index in [1.165, 1.54) is 24.3 Å². The van der Waals surface area contributed by atoms with Gasteiger partial charge in [-0.05, 0) is 119 Å². The van der Waals surface area contributed by atoms with Crippen molar-refractivity contribution >= 4 is 29.0 Å². The molecule has 1 amide bonds. The standard InChI is InChI=1S/C43H47F2N3O5/c1-25-34(36(48-20-18-42(6,7)19-21-48)35(26(2)46-25)37(39(50)51)53-41(3,4)5)29-12-17-33-32(22-29)38(49)43(40(52)47-33,23-27-8-13-30(44)14-9-27)24-28-10-15-31(45)16-11-28/h8-17,22,37H,18-21,23-24H2,1-7H3,(H,47,52)(H,50,51). The summed E-state index contributed by atoms with van der Waals surface area (Å²) in [6.45, 7) is 14.9. The lowest BCUT2D eigenvalue weighted by molar-refractivity contribution is -0.160. The number of aliphatic carboxylic acids is 1. The number of aryl methyl sites for hydroxylation is 2. The van der Waals surface area contributed by atoms with Gasteiger partial charge in [-0.25, -0.2) is 13.6 Å². The Morgan fingerprint density at radius 1 is 0.906 bits per heavy atom. The van der Waals surface area contributed by atoms with Crippen LogP contribution in [-0.4, -0.2) is 46.4 Å². The number of fused-ring (bicyclic) bond motifs is 1. The molecule has 8 nitrogen and oxygen atoms in total. The van der Waals surface area contributed by atoms with E-state index in [9.17, 15) is 28.3 Å². The van der Waals surface area contributed by atoms with E-state index in [0.29, 0.717) is 63.7 Å². The van der Waals surface area contributed by atoms with Gasteiger partial charge in [0.2, 0.25) is 5.91 Å². The van der Waals surface area contributed by atoms with Gasteiger partial charge in [-0.2, -0.15) is 0 Å². The molecule has 0 bridgehead atoms. The number of aromatic nitrogens is 1. The number of ketones is 1. The number of hydrogen-bond donors (Lipinski definition) is 2. The van der Waals surface area contributed by atoms with E-state index >= 15 is 0 Å². The number of Topliss-reactive ketones (excluding diaryl/α,β-unsaturated/α-hetero) is 1. The molecule has 0 saturated carbocycles. The minimum Gasteiger partial charge on any atom is -0.479 e. The lowest BCUT2D eigenvalue weighted by Crippen LogP contribution is -2.50. The number of carbonyl (C=O) groups excluding carboxylic acids is 2. The number of nitrogens with zero attached hydrogens (tertiary/aromatic N) is 2. The summed E-state index contributed by atoms with van der Waals surface area (Å²) in [5, 5.41) is 13.6. The van der Waals surface area contributed by atoms with Crippen molar-refractivity contribution < 1.29 is 33.0 Å². The van der Waals surface area contributed by atoms with Crippen LogP contribution in [0.15, 0.2) is 66.7 Å². The second-order valence-electron chi connectivity index (χ2n) is 16.3. The summed E-state index contributed by atoms with van der Waals surface area (Å²) < 4.78 is 34.1. The minimum atomic E-state index is -1.64. The predicted molar refractivity (Wildman–Crippen MR) is 201 cm³/mol. The zero-order valence-corrected chi connectivity index (χ0v) is 31.4.